The number of rotatable bonds is 3. The fourth-order valence-electron chi connectivity index (χ4n) is 3.04. The third-order valence-electron chi connectivity index (χ3n) is 4.31. The molecule has 4 rings (SSSR count). The first-order valence-corrected chi connectivity index (χ1v) is 8.55. The van der Waals surface area contributed by atoms with Crippen molar-refractivity contribution in [1.82, 2.24) is 25.7 Å². The minimum Gasteiger partial charge on any atom is -0.339 e. The number of nitrogens with one attached hydrogen (secondary N) is 3. The minimum atomic E-state index is -0.530. The van der Waals surface area contributed by atoms with Gasteiger partial charge in [0.05, 0.1) is 22.3 Å². The summed E-state index contributed by atoms with van der Waals surface area (Å²) in [6, 6.07) is 5.94. The minimum absolute atomic E-state index is 0.0421. The lowest BCUT2D eigenvalue weighted by atomic mass is 10.2. The summed E-state index contributed by atoms with van der Waals surface area (Å²) < 4.78 is 13.3. The molecule has 0 bridgehead atoms. The third kappa shape index (κ3) is 3.14. The summed E-state index contributed by atoms with van der Waals surface area (Å²) in [5.41, 5.74) is 4.28. The van der Waals surface area contributed by atoms with Crippen molar-refractivity contribution in [3.8, 4) is 0 Å². The normalized spacial score (nSPS) is 17.8. The molecule has 0 unspecified atom stereocenters. The van der Waals surface area contributed by atoms with E-state index in [2.05, 4.69) is 30.7 Å². The molecular formula is C17H16ClFN6O. The number of hydrogen-bond acceptors (Lipinski definition) is 5. The molecule has 0 aliphatic carbocycles. The van der Waals surface area contributed by atoms with Crippen molar-refractivity contribution in [2.24, 2.45) is 4.99 Å². The quantitative estimate of drug-likeness (QED) is 0.320. The van der Waals surface area contributed by atoms with Gasteiger partial charge < -0.3 is 10.3 Å². The van der Waals surface area contributed by atoms with Gasteiger partial charge in [-0.05, 0) is 43.7 Å². The Morgan fingerprint density at radius 3 is 3.00 bits per heavy atom. The Hall–Kier alpha value is -2.55. The molecule has 1 saturated heterocycles. The van der Waals surface area contributed by atoms with Gasteiger partial charge in [0.25, 0.3) is 0 Å². The maximum Gasteiger partial charge on any atom is 0.178 e. The molecule has 0 saturated carbocycles. The highest BCUT2D eigenvalue weighted by Crippen LogP contribution is 2.25. The summed E-state index contributed by atoms with van der Waals surface area (Å²) in [5, 5.41) is 12.9. The number of fused-ring (bicyclic) bond motifs is 1. The number of hydrogen-bond donors (Lipinski definition) is 4. The zero-order valence-corrected chi connectivity index (χ0v) is 14.4. The SMILES string of the molecule is ONC(=Nc1ccc(F)c(Cl)c1)c1ccnc2nc([C@@H]3CCCN3)[nH]c12. The van der Waals surface area contributed by atoms with E-state index in [4.69, 9.17) is 11.6 Å². The maximum atomic E-state index is 13.3. The molecule has 7 nitrogen and oxygen atoms in total. The summed E-state index contributed by atoms with van der Waals surface area (Å²) >= 11 is 5.80. The van der Waals surface area contributed by atoms with Gasteiger partial charge in [0.1, 0.15) is 11.6 Å². The van der Waals surface area contributed by atoms with Crippen LogP contribution in [0, 0.1) is 5.82 Å². The second-order valence-corrected chi connectivity index (χ2v) is 6.41. The molecule has 3 aromatic rings. The Morgan fingerprint density at radius 2 is 2.27 bits per heavy atom. The number of nitrogens with zero attached hydrogens (tertiary/aromatic N) is 3. The molecule has 0 radical (unpaired) electrons. The molecule has 1 atom stereocenters. The van der Waals surface area contributed by atoms with E-state index in [1.165, 1.54) is 18.2 Å². The standard InChI is InChI=1S/C17H16ClFN6O/c18-11-8-9(3-4-12(11)19)22-15(25-26)10-5-7-21-17-14(10)23-16(24-17)13-2-1-6-20-13/h3-5,7-8,13,20,26H,1-2,6H2,(H,22,25)(H,21,23,24)/t13-/m0/s1. The molecule has 3 heterocycles. The summed E-state index contributed by atoms with van der Waals surface area (Å²) in [6.45, 7) is 0.957. The van der Waals surface area contributed by atoms with Gasteiger partial charge in [0.15, 0.2) is 11.5 Å². The zero-order valence-electron chi connectivity index (χ0n) is 13.6. The van der Waals surface area contributed by atoms with Gasteiger partial charge in [0, 0.05) is 11.8 Å². The molecule has 0 spiro atoms. The summed E-state index contributed by atoms with van der Waals surface area (Å²) in [4.78, 5) is 16.4. The van der Waals surface area contributed by atoms with E-state index in [9.17, 15) is 9.60 Å². The van der Waals surface area contributed by atoms with Crippen molar-refractivity contribution in [1.29, 1.82) is 0 Å². The van der Waals surface area contributed by atoms with Crippen molar-refractivity contribution >= 4 is 34.3 Å². The van der Waals surface area contributed by atoms with Crippen molar-refractivity contribution in [3.05, 3.63) is 52.7 Å². The number of aromatic nitrogens is 3. The van der Waals surface area contributed by atoms with E-state index >= 15 is 0 Å². The highest BCUT2D eigenvalue weighted by Gasteiger charge is 2.21. The van der Waals surface area contributed by atoms with E-state index in [1.807, 2.05) is 0 Å². The van der Waals surface area contributed by atoms with Gasteiger partial charge in [-0.2, -0.15) is 0 Å². The van der Waals surface area contributed by atoms with E-state index in [0.29, 0.717) is 22.4 Å². The van der Waals surface area contributed by atoms with Crippen LogP contribution in [0.4, 0.5) is 10.1 Å². The average Bonchev–Trinajstić information content (AvgIpc) is 3.31. The molecule has 4 N–H and O–H groups in total. The highest BCUT2D eigenvalue weighted by molar-refractivity contribution is 6.31. The Balaban J connectivity index is 1.77. The first-order valence-electron chi connectivity index (χ1n) is 8.18. The molecule has 1 aliphatic rings. The summed E-state index contributed by atoms with van der Waals surface area (Å²) in [7, 11) is 0. The van der Waals surface area contributed by atoms with Crippen LogP contribution in [0.1, 0.15) is 30.3 Å². The Bertz CT molecular complexity index is 983. The Labute approximate surface area is 153 Å². The Morgan fingerprint density at radius 1 is 1.38 bits per heavy atom. The summed E-state index contributed by atoms with van der Waals surface area (Å²) in [6.07, 6.45) is 3.69. The van der Waals surface area contributed by atoms with Crippen LogP contribution in [0.2, 0.25) is 5.02 Å². The van der Waals surface area contributed by atoms with Gasteiger partial charge in [0.2, 0.25) is 0 Å². The fraction of sp³-hybridized carbons (Fsp3) is 0.235. The number of halogens is 2. The van der Waals surface area contributed by atoms with Crippen molar-refractivity contribution in [2.75, 3.05) is 6.54 Å². The van der Waals surface area contributed by atoms with Gasteiger partial charge in [-0.25, -0.2) is 19.4 Å². The van der Waals surface area contributed by atoms with Crippen LogP contribution >= 0.6 is 11.6 Å². The van der Waals surface area contributed by atoms with Crippen molar-refractivity contribution in [3.63, 3.8) is 0 Å². The first kappa shape index (κ1) is 16.9. The summed E-state index contributed by atoms with van der Waals surface area (Å²) in [5.74, 6) is 0.451. The number of aromatic amines is 1. The molecule has 1 aromatic carbocycles. The first-order chi connectivity index (χ1) is 12.7. The number of aliphatic imine (C=N–C) groups is 1. The highest BCUT2D eigenvalue weighted by atomic mass is 35.5. The number of benzene rings is 1. The molecular weight excluding hydrogens is 359 g/mol. The lowest BCUT2D eigenvalue weighted by Crippen LogP contribution is -2.20. The third-order valence-corrected chi connectivity index (χ3v) is 4.60. The van der Waals surface area contributed by atoms with Crippen molar-refractivity contribution < 1.29 is 9.60 Å². The predicted octanol–water partition coefficient (Wildman–Crippen LogP) is 3.23. The maximum absolute atomic E-state index is 13.3. The van der Waals surface area contributed by atoms with E-state index in [-0.39, 0.29) is 16.9 Å². The number of pyridine rings is 1. The average molecular weight is 375 g/mol. The molecule has 2 aromatic heterocycles. The van der Waals surface area contributed by atoms with Crippen LogP contribution in [-0.4, -0.2) is 32.5 Å². The van der Waals surface area contributed by atoms with Crippen LogP contribution in [0.15, 0.2) is 35.5 Å². The molecule has 0 amide bonds. The second-order valence-electron chi connectivity index (χ2n) is 6.00. The molecule has 134 valence electrons. The molecule has 9 heteroatoms. The van der Waals surface area contributed by atoms with Crippen LogP contribution in [0.5, 0.6) is 0 Å². The predicted molar refractivity (Wildman–Crippen MR) is 96.4 cm³/mol. The molecule has 1 fully saturated rings. The van der Waals surface area contributed by atoms with Crippen LogP contribution in [-0.2, 0) is 0 Å². The number of imidazole rings is 1. The molecule has 26 heavy (non-hydrogen) atoms. The van der Waals surface area contributed by atoms with Crippen molar-refractivity contribution in [2.45, 2.75) is 18.9 Å². The van der Waals surface area contributed by atoms with Crippen LogP contribution in [0.25, 0.3) is 11.2 Å². The monoisotopic (exact) mass is 374 g/mol. The van der Waals surface area contributed by atoms with E-state index in [0.717, 1.165) is 25.2 Å². The lowest BCUT2D eigenvalue weighted by molar-refractivity contribution is 0.235. The van der Waals surface area contributed by atoms with E-state index in [1.54, 1.807) is 12.3 Å². The van der Waals surface area contributed by atoms with Gasteiger partial charge in [-0.3, -0.25) is 10.7 Å². The van der Waals surface area contributed by atoms with Crippen LogP contribution in [0.3, 0.4) is 0 Å². The topological polar surface area (TPSA) is 98.2 Å². The van der Waals surface area contributed by atoms with Gasteiger partial charge in [-0.1, -0.05) is 11.6 Å². The smallest absolute Gasteiger partial charge is 0.178 e. The number of hydroxylamine groups is 1. The number of amidine groups is 1. The second kappa shape index (κ2) is 6.99. The van der Waals surface area contributed by atoms with Crippen LogP contribution < -0.4 is 10.8 Å². The lowest BCUT2D eigenvalue weighted by Gasteiger charge is -2.07. The van der Waals surface area contributed by atoms with E-state index < -0.39 is 5.82 Å². The van der Waals surface area contributed by atoms with Gasteiger partial charge in [-0.15, -0.1) is 0 Å². The number of H-pyrrole nitrogens is 1. The fourth-order valence-corrected chi connectivity index (χ4v) is 3.21. The Kier molecular flexibility index (Phi) is 4.54. The molecule has 1 aliphatic heterocycles. The largest absolute Gasteiger partial charge is 0.339 e. The van der Waals surface area contributed by atoms with Gasteiger partial charge >= 0.3 is 0 Å². The zero-order chi connectivity index (χ0) is 18.1.